The minimum Gasteiger partial charge on any atom is -0.378 e. The molecule has 0 saturated carbocycles. The van der Waals surface area contributed by atoms with Gasteiger partial charge in [-0.3, -0.25) is 9.10 Å². The van der Waals surface area contributed by atoms with Gasteiger partial charge in [0.2, 0.25) is 15.9 Å². The molecule has 1 aromatic rings. The van der Waals surface area contributed by atoms with Crippen LogP contribution in [-0.4, -0.2) is 57.8 Å². The number of nitrogens with zero attached hydrogens (tertiary/aromatic N) is 2. The fraction of sp³-hybridized carbons (Fsp3) is 0.533. The molecule has 23 heavy (non-hydrogen) atoms. The largest absolute Gasteiger partial charge is 0.378 e. The van der Waals surface area contributed by atoms with Gasteiger partial charge in [0.25, 0.3) is 0 Å². The van der Waals surface area contributed by atoms with Crippen LogP contribution in [0.3, 0.4) is 0 Å². The minimum absolute atomic E-state index is 0.108. The van der Waals surface area contributed by atoms with Crippen LogP contribution in [0.1, 0.15) is 13.3 Å². The molecule has 2 rings (SSSR count). The highest BCUT2D eigenvalue weighted by Crippen LogP contribution is 2.26. The Morgan fingerprint density at radius 2 is 1.96 bits per heavy atom. The first kappa shape index (κ1) is 17.7. The average molecular weight is 344 g/mol. The quantitative estimate of drug-likeness (QED) is 0.806. The molecule has 0 bridgehead atoms. The molecule has 8 heteroatoms. The first-order valence-corrected chi connectivity index (χ1v) is 9.31. The number of morpholine rings is 1. The number of carbonyl (C=O) groups excluding carboxylic acids is 1. The number of hydrogen-bond acceptors (Lipinski definition) is 4. The summed E-state index contributed by atoms with van der Waals surface area (Å²) in [6.07, 6.45) is 1.23. The minimum atomic E-state index is -3.82. The van der Waals surface area contributed by atoms with Gasteiger partial charge in [-0.2, -0.15) is 0 Å². The van der Waals surface area contributed by atoms with E-state index in [0.29, 0.717) is 26.3 Å². The van der Waals surface area contributed by atoms with Gasteiger partial charge in [0.15, 0.2) is 0 Å². The van der Waals surface area contributed by atoms with E-state index in [1.807, 2.05) is 0 Å². The van der Waals surface area contributed by atoms with E-state index in [-0.39, 0.29) is 18.0 Å². The number of anilines is 1. The summed E-state index contributed by atoms with van der Waals surface area (Å²) in [5.41, 5.74) is -0.108. The summed E-state index contributed by atoms with van der Waals surface area (Å²) in [5, 5.41) is 0. The standard InChI is InChI=1S/C15H21FN2O4S/c1-3-13(15(19)17-8-10-22-11-9-17)18(23(2,20)21)14-7-5-4-6-12(14)16/h4-7,13H,3,8-11H2,1-2H3. The first-order valence-electron chi connectivity index (χ1n) is 7.46. The van der Waals surface area contributed by atoms with E-state index < -0.39 is 21.9 Å². The number of ether oxygens (including phenoxy) is 1. The summed E-state index contributed by atoms with van der Waals surface area (Å²) >= 11 is 0. The Hall–Kier alpha value is -1.67. The van der Waals surface area contributed by atoms with Crippen LogP contribution in [0.25, 0.3) is 0 Å². The summed E-state index contributed by atoms with van der Waals surface area (Å²) in [6.45, 7) is 3.36. The van der Waals surface area contributed by atoms with E-state index in [1.54, 1.807) is 17.9 Å². The number of amides is 1. The van der Waals surface area contributed by atoms with Gasteiger partial charge in [0.05, 0.1) is 25.2 Å². The number of para-hydroxylation sites is 1. The molecule has 1 unspecified atom stereocenters. The SMILES string of the molecule is CCC(C(=O)N1CCOCC1)N(c1ccccc1F)S(C)(=O)=O. The molecular weight excluding hydrogens is 323 g/mol. The smallest absolute Gasteiger partial charge is 0.246 e. The molecule has 0 spiro atoms. The topological polar surface area (TPSA) is 66.9 Å². The van der Waals surface area contributed by atoms with Gasteiger partial charge >= 0.3 is 0 Å². The lowest BCUT2D eigenvalue weighted by molar-refractivity contribution is -0.136. The Labute approximate surface area is 135 Å². The van der Waals surface area contributed by atoms with Crippen molar-refractivity contribution in [1.29, 1.82) is 0 Å². The molecule has 1 aliphatic rings. The maximum atomic E-state index is 14.1. The molecule has 1 atom stereocenters. The Morgan fingerprint density at radius 3 is 2.48 bits per heavy atom. The zero-order valence-electron chi connectivity index (χ0n) is 13.2. The van der Waals surface area contributed by atoms with E-state index in [2.05, 4.69) is 0 Å². The molecular formula is C15H21FN2O4S. The van der Waals surface area contributed by atoms with Crippen LogP contribution < -0.4 is 4.31 Å². The molecule has 1 fully saturated rings. The predicted octanol–water partition coefficient (Wildman–Crippen LogP) is 1.23. The Balaban J connectivity index is 2.40. The monoisotopic (exact) mass is 344 g/mol. The van der Waals surface area contributed by atoms with E-state index in [4.69, 9.17) is 4.74 Å². The highest BCUT2D eigenvalue weighted by atomic mass is 32.2. The maximum absolute atomic E-state index is 14.1. The molecule has 1 aromatic carbocycles. The van der Waals surface area contributed by atoms with Crippen LogP contribution in [0.5, 0.6) is 0 Å². The molecule has 1 heterocycles. The zero-order valence-corrected chi connectivity index (χ0v) is 14.1. The van der Waals surface area contributed by atoms with Crippen LogP contribution in [0.4, 0.5) is 10.1 Å². The van der Waals surface area contributed by atoms with Crippen LogP contribution in [0.2, 0.25) is 0 Å². The summed E-state index contributed by atoms with van der Waals surface area (Å²) in [6, 6.07) is 4.59. The van der Waals surface area contributed by atoms with Crippen LogP contribution in [0, 0.1) is 5.82 Å². The molecule has 1 amide bonds. The lowest BCUT2D eigenvalue weighted by Gasteiger charge is -2.35. The van der Waals surface area contributed by atoms with E-state index >= 15 is 0 Å². The molecule has 6 nitrogen and oxygen atoms in total. The highest BCUT2D eigenvalue weighted by molar-refractivity contribution is 7.92. The Bertz CT molecular complexity index is 659. The van der Waals surface area contributed by atoms with Gasteiger partial charge in [0, 0.05) is 13.1 Å². The number of hydrogen-bond donors (Lipinski definition) is 0. The third-order valence-electron chi connectivity index (χ3n) is 3.72. The second-order valence-electron chi connectivity index (χ2n) is 5.37. The maximum Gasteiger partial charge on any atom is 0.246 e. The Morgan fingerprint density at radius 1 is 1.35 bits per heavy atom. The molecule has 128 valence electrons. The van der Waals surface area contributed by atoms with Gasteiger partial charge in [-0.05, 0) is 18.6 Å². The lowest BCUT2D eigenvalue weighted by atomic mass is 10.1. The third-order valence-corrected chi connectivity index (χ3v) is 4.89. The second-order valence-corrected chi connectivity index (χ2v) is 7.23. The van der Waals surface area contributed by atoms with E-state index in [9.17, 15) is 17.6 Å². The van der Waals surface area contributed by atoms with Crippen molar-refractivity contribution < 1.29 is 22.3 Å². The van der Waals surface area contributed by atoms with Gasteiger partial charge in [-0.25, -0.2) is 12.8 Å². The number of sulfonamides is 1. The third kappa shape index (κ3) is 4.00. The molecule has 0 radical (unpaired) electrons. The Kier molecular flexibility index (Phi) is 5.59. The second kappa shape index (κ2) is 7.27. The summed E-state index contributed by atoms with van der Waals surface area (Å²) in [5.74, 6) is -1.00. The van der Waals surface area contributed by atoms with E-state index in [0.717, 1.165) is 10.6 Å². The van der Waals surface area contributed by atoms with Crippen molar-refractivity contribution in [2.45, 2.75) is 19.4 Å². The van der Waals surface area contributed by atoms with Crippen molar-refractivity contribution in [1.82, 2.24) is 4.90 Å². The fourth-order valence-corrected chi connectivity index (χ4v) is 3.85. The molecule has 0 aliphatic carbocycles. The average Bonchev–Trinajstić information content (AvgIpc) is 2.52. The predicted molar refractivity (Wildman–Crippen MR) is 85.2 cm³/mol. The van der Waals surface area contributed by atoms with Gasteiger partial charge < -0.3 is 9.64 Å². The number of halogens is 1. The van der Waals surface area contributed by atoms with Crippen LogP contribution >= 0.6 is 0 Å². The van der Waals surface area contributed by atoms with Gasteiger partial charge in [-0.1, -0.05) is 19.1 Å². The van der Waals surface area contributed by atoms with Crippen LogP contribution in [-0.2, 0) is 19.6 Å². The van der Waals surface area contributed by atoms with E-state index in [1.165, 1.54) is 18.2 Å². The molecule has 1 saturated heterocycles. The first-order chi connectivity index (χ1) is 10.9. The normalized spacial score (nSPS) is 16.9. The summed E-state index contributed by atoms with van der Waals surface area (Å²) < 4.78 is 44.7. The van der Waals surface area contributed by atoms with Gasteiger partial charge in [0.1, 0.15) is 11.9 Å². The molecule has 1 aliphatic heterocycles. The summed E-state index contributed by atoms with van der Waals surface area (Å²) in [7, 11) is -3.82. The van der Waals surface area contributed by atoms with Crippen molar-refractivity contribution in [3.05, 3.63) is 30.1 Å². The molecule has 0 aromatic heterocycles. The summed E-state index contributed by atoms with van der Waals surface area (Å²) in [4.78, 5) is 14.3. The van der Waals surface area contributed by atoms with Gasteiger partial charge in [-0.15, -0.1) is 0 Å². The van der Waals surface area contributed by atoms with Crippen LogP contribution in [0.15, 0.2) is 24.3 Å². The van der Waals surface area contributed by atoms with Crippen molar-refractivity contribution in [3.63, 3.8) is 0 Å². The lowest BCUT2D eigenvalue weighted by Crippen LogP contribution is -2.53. The number of carbonyl (C=O) groups is 1. The highest BCUT2D eigenvalue weighted by Gasteiger charge is 2.35. The van der Waals surface area contributed by atoms with Crippen molar-refractivity contribution >= 4 is 21.6 Å². The zero-order chi connectivity index (χ0) is 17.0. The molecule has 0 N–H and O–H groups in total. The van der Waals surface area contributed by atoms with Crippen molar-refractivity contribution in [2.24, 2.45) is 0 Å². The van der Waals surface area contributed by atoms with Crippen molar-refractivity contribution in [2.75, 3.05) is 36.9 Å². The number of rotatable bonds is 5. The number of benzene rings is 1. The van der Waals surface area contributed by atoms with Crippen molar-refractivity contribution in [3.8, 4) is 0 Å². The fourth-order valence-electron chi connectivity index (χ4n) is 2.64.